The number of benzene rings is 1. The van der Waals surface area contributed by atoms with Crippen molar-refractivity contribution in [3.8, 4) is 0 Å². The average molecular weight is 402 g/mol. The molecule has 0 atom stereocenters. The molecule has 110 valence electrons. The minimum Gasteiger partial charge on any atom is -0.265 e. The van der Waals surface area contributed by atoms with Crippen LogP contribution < -0.4 is 0 Å². The third-order valence-corrected chi connectivity index (χ3v) is 6.30. The van der Waals surface area contributed by atoms with E-state index in [1.54, 1.807) is 0 Å². The van der Waals surface area contributed by atoms with E-state index in [2.05, 4.69) is 74.7 Å². The minimum absolute atomic E-state index is 0.254. The van der Waals surface area contributed by atoms with Gasteiger partial charge in [0.1, 0.15) is 0 Å². The van der Waals surface area contributed by atoms with Crippen LogP contribution in [-0.2, 0) is 13.0 Å². The van der Waals surface area contributed by atoms with Crippen LogP contribution >= 0.6 is 31.9 Å². The van der Waals surface area contributed by atoms with Gasteiger partial charge in [-0.15, -0.1) is 0 Å². The van der Waals surface area contributed by atoms with E-state index < -0.39 is 0 Å². The van der Waals surface area contributed by atoms with E-state index in [0.717, 1.165) is 23.6 Å². The molecular weight excluding hydrogens is 380 g/mol. The molecule has 2 nitrogen and oxygen atoms in total. The van der Waals surface area contributed by atoms with Crippen LogP contribution in [0.2, 0.25) is 0 Å². The number of hydrogen-bond acceptors (Lipinski definition) is 1. The summed E-state index contributed by atoms with van der Waals surface area (Å²) in [5.74, 6) is 0. The zero-order chi connectivity index (χ0) is 14.6. The Morgan fingerprint density at radius 2 is 1.85 bits per heavy atom. The number of aryl methyl sites for hydroxylation is 1. The maximum atomic E-state index is 4.85. The topological polar surface area (TPSA) is 17.8 Å². The SMILES string of the molecule is CCCC(CBr)(CBr)Cc1nn(CC)c2ccccc12. The van der Waals surface area contributed by atoms with Gasteiger partial charge in [0, 0.05) is 22.6 Å². The fourth-order valence-corrected chi connectivity index (χ4v) is 4.69. The predicted octanol–water partition coefficient (Wildman–Crippen LogP) is 5.18. The lowest BCUT2D eigenvalue weighted by molar-refractivity contribution is 0.347. The third kappa shape index (κ3) is 3.11. The summed E-state index contributed by atoms with van der Waals surface area (Å²) in [5.41, 5.74) is 2.74. The third-order valence-electron chi connectivity index (χ3n) is 3.92. The van der Waals surface area contributed by atoms with Gasteiger partial charge >= 0.3 is 0 Å². The van der Waals surface area contributed by atoms with Crippen LogP contribution in [0.1, 0.15) is 32.4 Å². The molecule has 0 saturated heterocycles. The van der Waals surface area contributed by atoms with Gasteiger partial charge in [-0.05, 0) is 31.2 Å². The Labute approximate surface area is 138 Å². The van der Waals surface area contributed by atoms with Crippen molar-refractivity contribution in [3.63, 3.8) is 0 Å². The van der Waals surface area contributed by atoms with Crippen LogP contribution in [0.15, 0.2) is 24.3 Å². The Morgan fingerprint density at radius 1 is 1.15 bits per heavy atom. The van der Waals surface area contributed by atoms with Crippen LogP contribution in [-0.4, -0.2) is 20.4 Å². The van der Waals surface area contributed by atoms with Crippen molar-refractivity contribution >= 4 is 42.8 Å². The number of fused-ring (bicyclic) bond motifs is 1. The molecule has 1 heterocycles. The highest BCUT2D eigenvalue weighted by Crippen LogP contribution is 2.34. The molecule has 0 aliphatic carbocycles. The molecule has 4 heteroatoms. The largest absolute Gasteiger partial charge is 0.265 e. The fourth-order valence-electron chi connectivity index (χ4n) is 2.81. The average Bonchev–Trinajstić information content (AvgIpc) is 2.85. The highest BCUT2D eigenvalue weighted by atomic mass is 79.9. The molecular formula is C16H22Br2N2. The first-order valence-corrected chi connectivity index (χ1v) is 9.50. The summed E-state index contributed by atoms with van der Waals surface area (Å²) in [6.07, 6.45) is 3.42. The zero-order valence-corrected chi connectivity index (χ0v) is 15.4. The molecule has 0 spiro atoms. The number of para-hydroxylation sites is 1. The smallest absolute Gasteiger partial charge is 0.0709 e. The molecule has 0 bridgehead atoms. The van der Waals surface area contributed by atoms with Crippen molar-refractivity contribution in [2.24, 2.45) is 5.41 Å². The van der Waals surface area contributed by atoms with Crippen LogP contribution in [0.4, 0.5) is 0 Å². The second kappa shape index (κ2) is 7.08. The summed E-state index contributed by atoms with van der Waals surface area (Å²) < 4.78 is 2.11. The normalized spacial score (nSPS) is 12.2. The van der Waals surface area contributed by atoms with Crippen LogP contribution in [0.25, 0.3) is 10.9 Å². The van der Waals surface area contributed by atoms with Crippen LogP contribution in [0, 0.1) is 5.41 Å². The van der Waals surface area contributed by atoms with E-state index in [1.165, 1.54) is 29.4 Å². The zero-order valence-electron chi connectivity index (χ0n) is 12.2. The first-order chi connectivity index (χ1) is 9.69. The fraction of sp³-hybridized carbons (Fsp3) is 0.562. The van der Waals surface area contributed by atoms with Crippen molar-refractivity contribution in [1.82, 2.24) is 9.78 Å². The van der Waals surface area contributed by atoms with E-state index in [4.69, 9.17) is 5.10 Å². The van der Waals surface area contributed by atoms with Gasteiger partial charge < -0.3 is 0 Å². The molecule has 0 aliphatic rings. The standard InChI is InChI=1S/C16H22Br2N2/c1-3-9-16(11-17,12-18)10-14-13-7-5-6-8-15(13)20(4-2)19-14/h5-8H,3-4,9-12H2,1-2H3. The Balaban J connectivity index is 2.42. The van der Waals surface area contributed by atoms with Crippen LogP contribution in [0.5, 0.6) is 0 Å². The second-order valence-electron chi connectivity index (χ2n) is 5.47. The van der Waals surface area contributed by atoms with E-state index in [1.807, 2.05) is 0 Å². The lowest BCUT2D eigenvalue weighted by Crippen LogP contribution is -2.28. The van der Waals surface area contributed by atoms with Gasteiger partial charge in [-0.2, -0.15) is 5.10 Å². The number of aromatic nitrogens is 2. The molecule has 0 saturated carbocycles. The van der Waals surface area contributed by atoms with Crippen molar-refractivity contribution in [3.05, 3.63) is 30.0 Å². The molecule has 1 aromatic heterocycles. The molecule has 0 radical (unpaired) electrons. The summed E-state index contributed by atoms with van der Waals surface area (Å²) in [6.45, 7) is 5.32. The Kier molecular flexibility index (Phi) is 5.67. The van der Waals surface area contributed by atoms with Gasteiger partial charge in [0.05, 0.1) is 11.2 Å². The van der Waals surface area contributed by atoms with E-state index in [-0.39, 0.29) is 5.41 Å². The highest BCUT2D eigenvalue weighted by Gasteiger charge is 2.29. The van der Waals surface area contributed by atoms with Gasteiger partial charge in [0.15, 0.2) is 0 Å². The van der Waals surface area contributed by atoms with Gasteiger partial charge in [0.2, 0.25) is 0 Å². The maximum Gasteiger partial charge on any atom is 0.0709 e. The summed E-state index contributed by atoms with van der Waals surface area (Å²) in [4.78, 5) is 0. The molecule has 1 aromatic carbocycles. The first-order valence-electron chi connectivity index (χ1n) is 7.26. The lowest BCUT2D eigenvalue weighted by atomic mass is 9.82. The molecule has 0 amide bonds. The highest BCUT2D eigenvalue weighted by molar-refractivity contribution is 9.09. The number of alkyl halides is 2. The molecule has 0 unspecified atom stereocenters. The number of halogens is 2. The summed E-state index contributed by atoms with van der Waals surface area (Å²) in [7, 11) is 0. The number of rotatable bonds is 7. The lowest BCUT2D eigenvalue weighted by Gasteiger charge is -2.29. The van der Waals surface area contributed by atoms with E-state index in [9.17, 15) is 0 Å². The second-order valence-corrected chi connectivity index (χ2v) is 6.60. The quantitative estimate of drug-likeness (QED) is 0.584. The molecule has 0 aliphatic heterocycles. The molecule has 20 heavy (non-hydrogen) atoms. The first kappa shape index (κ1) is 16.0. The van der Waals surface area contributed by atoms with Gasteiger partial charge in [-0.3, -0.25) is 4.68 Å². The number of nitrogens with zero attached hydrogens (tertiary/aromatic N) is 2. The molecule has 2 rings (SSSR count). The monoisotopic (exact) mass is 400 g/mol. The minimum atomic E-state index is 0.254. The number of hydrogen-bond donors (Lipinski definition) is 0. The Bertz CT molecular complexity index is 559. The Hall–Kier alpha value is -0.350. The van der Waals surface area contributed by atoms with Crippen LogP contribution in [0.3, 0.4) is 0 Å². The van der Waals surface area contributed by atoms with Crippen molar-refractivity contribution < 1.29 is 0 Å². The summed E-state index contributed by atoms with van der Waals surface area (Å²) in [6, 6.07) is 8.56. The summed E-state index contributed by atoms with van der Waals surface area (Å²) >= 11 is 7.43. The van der Waals surface area contributed by atoms with Gasteiger partial charge in [-0.1, -0.05) is 63.4 Å². The van der Waals surface area contributed by atoms with Crippen molar-refractivity contribution in [2.45, 2.75) is 39.7 Å². The molecule has 0 fully saturated rings. The molecule has 2 aromatic rings. The van der Waals surface area contributed by atoms with Crippen molar-refractivity contribution in [2.75, 3.05) is 10.7 Å². The molecule has 0 N–H and O–H groups in total. The van der Waals surface area contributed by atoms with Crippen molar-refractivity contribution in [1.29, 1.82) is 0 Å². The van der Waals surface area contributed by atoms with E-state index >= 15 is 0 Å². The summed E-state index contributed by atoms with van der Waals surface area (Å²) in [5, 5.41) is 8.16. The van der Waals surface area contributed by atoms with Gasteiger partial charge in [-0.25, -0.2) is 0 Å². The van der Waals surface area contributed by atoms with Gasteiger partial charge in [0.25, 0.3) is 0 Å². The Morgan fingerprint density at radius 3 is 2.45 bits per heavy atom. The van der Waals surface area contributed by atoms with E-state index in [0.29, 0.717) is 0 Å². The maximum absolute atomic E-state index is 4.85. The predicted molar refractivity (Wildman–Crippen MR) is 94.0 cm³/mol.